The molecule has 0 aliphatic heterocycles. The van der Waals surface area contributed by atoms with Crippen molar-refractivity contribution in [3.63, 3.8) is 0 Å². The number of carbonyl (C=O) groups excluding carboxylic acids is 1. The van der Waals surface area contributed by atoms with E-state index in [9.17, 15) is 14.0 Å². The van der Waals surface area contributed by atoms with E-state index in [1.54, 1.807) is 13.0 Å². The number of carboxylic acids is 1. The Hall–Kier alpha value is -1.91. The first-order valence-corrected chi connectivity index (χ1v) is 5.74. The van der Waals surface area contributed by atoms with Crippen LogP contribution in [0, 0.1) is 11.7 Å². The van der Waals surface area contributed by atoms with Crippen LogP contribution in [0.3, 0.4) is 0 Å². The van der Waals surface area contributed by atoms with Crippen molar-refractivity contribution >= 4 is 17.6 Å². The molecule has 0 aromatic heterocycles. The van der Waals surface area contributed by atoms with Gasteiger partial charge in [-0.05, 0) is 18.2 Å². The van der Waals surface area contributed by atoms with Crippen LogP contribution in [0.4, 0.5) is 10.1 Å². The molecule has 0 heterocycles. The Labute approximate surface area is 105 Å². The molecule has 1 atom stereocenters. The zero-order chi connectivity index (χ0) is 13.7. The van der Waals surface area contributed by atoms with E-state index in [2.05, 4.69) is 0 Å². The number of hydrogen-bond donors (Lipinski definition) is 1. The van der Waals surface area contributed by atoms with Crippen LogP contribution in [0.1, 0.15) is 20.3 Å². The number of rotatable bonds is 5. The van der Waals surface area contributed by atoms with Crippen molar-refractivity contribution in [3.8, 4) is 0 Å². The number of aliphatic carboxylic acids is 1. The van der Waals surface area contributed by atoms with Crippen molar-refractivity contribution in [2.24, 2.45) is 5.92 Å². The average molecular weight is 253 g/mol. The number of carbonyl (C=O) groups is 2. The van der Waals surface area contributed by atoms with Crippen LogP contribution >= 0.6 is 0 Å². The fourth-order valence-electron chi connectivity index (χ4n) is 1.54. The molecule has 1 unspecified atom stereocenters. The van der Waals surface area contributed by atoms with Crippen LogP contribution in [0.5, 0.6) is 0 Å². The van der Waals surface area contributed by atoms with E-state index in [1.807, 2.05) is 0 Å². The Balaban J connectivity index is 2.98. The van der Waals surface area contributed by atoms with E-state index in [4.69, 9.17) is 5.11 Å². The minimum Gasteiger partial charge on any atom is -0.481 e. The summed E-state index contributed by atoms with van der Waals surface area (Å²) >= 11 is 0. The second kappa shape index (κ2) is 6.14. The number of hydrogen-bond acceptors (Lipinski definition) is 2. The van der Waals surface area contributed by atoms with E-state index in [0.717, 1.165) is 0 Å². The smallest absolute Gasteiger partial charge is 0.308 e. The van der Waals surface area contributed by atoms with Crippen molar-refractivity contribution in [2.45, 2.75) is 20.3 Å². The Morgan fingerprint density at radius 3 is 2.61 bits per heavy atom. The molecule has 0 bridgehead atoms. The molecule has 0 spiro atoms. The highest BCUT2D eigenvalue weighted by Gasteiger charge is 2.21. The molecule has 1 aromatic carbocycles. The Morgan fingerprint density at radius 1 is 1.44 bits per heavy atom. The molecular weight excluding hydrogens is 237 g/mol. The average Bonchev–Trinajstić information content (AvgIpc) is 2.34. The minimum atomic E-state index is -0.986. The van der Waals surface area contributed by atoms with Gasteiger partial charge in [-0.25, -0.2) is 4.39 Å². The van der Waals surface area contributed by atoms with Gasteiger partial charge in [-0.3, -0.25) is 9.59 Å². The first-order valence-electron chi connectivity index (χ1n) is 5.74. The molecule has 98 valence electrons. The third-order valence-corrected chi connectivity index (χ3v) is 2.60. The standard InChI is InChI=1S/C13H16FNO3/c1-3-12(16)15(8-9(2)13(17)18)11-6-4-5-10(14)7-11/h4-7,9H,3,8H2,1-2H3,(H,17,18). The zero-order valence-electron chi connectivity index (χ0n) is 10.4. The van der Waals surface area contributed by atoms with Crippen molar-refractivity contribution in [3.05, 3.63) is 30.1 Å². The highest BCUT2D eigenvalue weighted by atomic mass is 19.1. The fraction of sp³-hybridized carbons (Fsp3) is 0.385. The summed E-state index contributed by atoms with van der Waals surface area (Å²) in [5, 5.41) is 8.87. The van der Waals surface area contributed by atoms with Gasteiger partial charge in [-0.1, -0.05) is 19.9 Å². The first kappa shape index (κ1) is 14.2. The lowest BCUT2D eigenvalue weighted by molar-refractivity contribution is -0.140. The topological polar surface area (TPSA) is 57.6 Å². The van der Waals surface area contributed by atoms with Gasteiger partial charge in [0.1, 0.15) is 5.82 Å². The molecule has 1 N–H and O–H groups in total. The Bertz CT molecular complexity index is 448. The lowest BCUT2D eigenvalue weighted by atomic mass is 10.1. The molecule has 18 heavy (non-hydrogen) atoms. The van der Waals surface area contributed by atoms with Gasteiger partial charge in [0.2, 0.25) is 5.91 Å². The number of anilines is 1. The van der Waals surface area contributed by atoms with E-state index < -0.39 is 17.7 Å². The van der Waals surface area contributed by atoms with Crippen LogP contribution in [0.15, 0.2) is 24.3 Å². The van der Waals surface area contributed by atoms with E-state index in [1.165, 1.54) is 30.0 Å². The first-order chi connectivity index (χ1) is 8.45. The van der Waals surface area contributed by atoms with Gasteiger partial charge in [0.15, 0.2) is 0 Å². The molecule has 1 rings (SSSR count). The predicted molar refractivity (Wildman–Crippen MR) is 65.8 cm³/mol. The quantitative estimate of drug-likeness (QED) is 0.875. The van der Waals surface area contributed by atoms with Crippen molar-refractivity contribution in [1.29, 1.82) is 0 Å². The molecule has 1 amide bonds. The van der Waals surface area contributed by atoms with Crippen molar-refractivity contribution in [1.82, 2.24) is 0 Å². The molecule has 0 saturated heterocycles. The van der Waals surface area contributed by atoms with Crippen LogP contribution in [-0.4, -0.2) is 23.5 Å². The Kier molecular flexibility index (Phi) is 4.83. The molecule has 0 aliphatic rings. The van der Waals surface area contributed by atoms with Gasteiger partial charge >= 0.3 is 5.97 Å². The monoisotopic (exact) mass is 253 g/mol. The van der Waals surface area contributed by atoms with E-state index in [0.29, 0.717) is 5.69 Å². The van der Waals surface area contributed by atoms with Crippen molar-refractivity contribution < 1.29 is 19.1 Å². The normalized spacial score (nSPS) is 11.9. The van der Waals surface area contributed by atoms with Crippen LogP contribution in [0.2, 0.25) is 0 Å². The maximum atomic E-state index is 13.1. The minimum absolute atomic E-state index is 0.0332. The summed E-state index contributed by atoms with van der Waals surface area (Å²) in [6.07, 6.45) is 0.239. The summed E-state index contributed by atoms with van der Waals surface area (Å²) in [7, 11) is 0. The molecular formula is C13H16FNO3. The zero-order valence-corrected chi connectivity index (χ0v) is 10.4. The SMILES string of the molecule is CCC(=O)N(CC(C)C(=O)O)c1cccc(F)c1. The molecule has 0 fully saturated rings. The molecule has 5 heteroatoms. The summed E-state index contributed by atoms with van der Waals surface area (Å²) in [5.74, 6) is -2.37. The predicted octanol–water partition coefficient (Wildman–Crippen LogP) is 2.29. The van der Waals surface area contributed by atoms with Crippen LogP contribution in [0.25, 0.3) is 0 Å². The lowest BCUT2D eigenvalue weighted by Crippen LogP contribution is -2.36. The second-order valence-electron chi connectivity index (χ2n) is 4.08. The third kappa shape index (κ3) is 3.55. The number of amides is 1. The summed E-state index contributed by atoms with van der Waals surface area (Å²) in [6, 6.07) is 5.58. The Morgan fingerprint density at radius 2 is 2.11 bits per heavy atom. The molecule has 1 aromatic rings. The van der Waals surface area contributed by atoms with Gasteiger partial charge in [-0.2, -0.15) is 0 Å². The molecule has 4 nitrogen and oxygen atoms in total. The highest BCUT2D eigenvalue weighted by Crippen LogP contribution is 2.18. The molecule has 0 aliphatic carbocycles. The number of nitrogens with zero attached hydrogens (tertiary/aromatic N) is 1. The second-order valence-corrected chi connectivity index (χ2v) is 4.08. The van der Waals surface area contributed by atoms with Crippen molar-refractivity contribution in [2.75, 3.05) is 11.4 Å². The maximum Gasteiger partial charge on any atom is 0.308 e. The van der Waals surface area contributed by atoms with Gasteiger partial charge in [-0.15, -0.1) is 0 Å². The van der Waals surface area contributed by atoms with Crippen LogP contribution < -0.4 is 4.90 Å². The van der Waals surface area contributed by atoms with Gasteiger partial charge in [0, 0.05) is 18.7 Å². The number of halogens is 1. The number of benzene rings is 1. The van der Waals surface area contributed by atoms with E-state index in [-0.39, 0.29) is 18.9 Å². The number of carboxylic acid groups (broad SMARTS) is 1. The fourth-order valence-corrected chi connectivity index (χ4v) is 1.54. The van der Waals surface area contributed by atoms with Crippen LogP contribution in [-0.2, 0) is 9.59 Å². The summed E-state index contributed by atoms with van der Waals surface area (Å²) in [5.41, 5.74) is 0.384. The maximum absolute atomic E-state index is 13.1. The molecule has 0 saturated carbocycles. The van der Waals surface area contributed by atoms with Gasteiger partial charge in [0.25, 0.3) is 0 Å². The summed E-state index contributed by atoms with van der Waals surface area (Å²) < 4.78 is 13.1. The third-order valence-electron chi connectivity index (χ3n) is 2.60. The lowest BCUT2D eigenvalue weighted by Gasteiger charge is -2.24. The molecule has 0 radical (unpaired) electrons. The highest BCUT2D eigenvalue weighted by molar-refractivity contribution is 5.93. The van der Waals surface area contributed by atoms with Gasteiger partial charge in [0.05, 0.1) is 5.92 Å². The summed E-state index contributed by atoms with van der Waals surface area (Å²) in [4.78, 5) is 23.9. The summed E-state index contributed by atoms with van der Waals surface area (Å²) in [6.45, 7) is 3.23. The van der Waals surface area contributed by atoms with Gasteiger partial charge < -0.3 is 10.0 Å². The largest absolute Gasteiger partial charge is 0.481 e. The van der Waals surface area contributed by atoms with E-state index >= 15 is 0 Å².